The highest BCUT2D eigenvalue weighted by molar-refractivity contribution is 7.93. The summed E-state index contributed by atoms with van der Waals surface area (Å²) in [5.74, 6) is 0. The first-order valence-corrected chi connectivity index (χ1v) is 12.1. The van der Waals surface area contributed by atoms with E-state index < -0.39 is 10.0 Å². The number of benzene rings is 2. The van der Waals surface area contributed by atoms with Gasteiger partial charge in [-0.25, -0.2) is 12.7 Å². The van der Waals surface area contributed by atoms with E-state index in [1.54, 1.807) is 4.31 Å². The van der Waals surface area contributed by atoms with Crippen molar-refractivity contribution in [3.05, 3.63) is 60.2 Å². The predicted octanol–water partition coefficient (Wildman–Crippen LogP) is 4.78. The molecule has 0 saturated heterocycles. The average molecular weight is 399 g/mol. The van der Waals surface area contributed by atoms with Gasteiger partial charge in [-0.05, 0) is 62.4 Å². The Morgan fingerprint density at radius 1 is 0.929 bits per heavy atom. The third-order valence-electron chi connectivity index (χ3n) is 6.07. The van der Waals surface area contributed by atoms with Crippen LogP contribution in [0.2, 0.25) is 0 Å². The molecule has 4 nitrogen and oxygen atoms in total. The molecule has 0 bridgehead atoms. The van der Waals surface area contributed by atoms with Crippen LogP contribution in [-0.2, 0) is 16.4 Å². The highest BCUT2D eigenvalue weighted by Gasteiger charge is 2.38. The molecule has 1 aliphatic carbocycles. The molecule has 28 heavy (non-hydrogen) atoms. The van der Waals surface area contributed by atoms with Crippen molar-refractivity contribution < 1.29 is 8.42 Å². The van der Waals surface area contributed by atoms with Crippen LogP contribution >= 0.6 is 0 Å². The first-order valence-electron chi connectivity index (χ1n) is 10.6. The van der Waals surface area contributed by atoms with Gasteiger partial charge in [0.05, 0.1) is 16.6 Å². The Kier molecular flexibility index (Phi) is 6.02. The first-order chi connectivity index (χ1) is 13.7. The Bertz CT molecular complexity index is 876. The molecular formula is C23H30N2O2S. The summed E-state index contributed by atoms with van der Waals surface area (Å²) in [6.07, 6.45) is 8.70. The fraction of sp³-hybridized carbons (Fsp3) is 0.478. The standard InChI is InChI=1S/C23H30N2O2S/c26-28(27)22(15-9-17-24-20-11-3-1-4-12-20)18-19-10-7-8-16-23(19)25(28)21-13-5-2-6-14-21/h2,5-8,10,13-14,16,20,22,24H,1,3-4,9,11-12,15,17-18H2. The second-order valence-corrected chi connectivity index (χ2v) is 10.1. The van der Waals surface area contributed by atoms with Gasteiger partial charge in [0, 0.05) is 6.04 Å². The molecule has 0 spiro atoms. The lowest BCUT2D eigenvalue weighted by Gasteiger charge is -2.35. The molecule has 1 N–H and O–H groups in total. The van der Waals surface area contributed by atoms with E-state index in [9.17, 15) is 8.42 Å². The Morgan fingerprint density at radius 2 is 1.64 bits per heavy atom. The minimum absolute atomic E-state index is 0.365. The molecule has 1 atom stereocenters. The molecule has 0 radical (unpaired) electrons. The second-order valence-electron chi connectivity index (χ2n) is 8.03. The number of hydrogen-bond acceptors (Lipinski definition) is 3. The van der Waals surface area contributed by atoms with Crippen LogP contribution in [0.25, 0.3) is 0 Å². The monoisotopic (exact) mass is 398 g/mol. The number of fused-ring (bicyclic) bond motifs is 1. The summed E-state index contributed by atoms with van der Waals surface area (Å²) in [4.78, 5) is 0. The number of rotatable bonds is 6. The average Bonchev–Trinajstić information content (AvgIpc) is 2.72. The van der Waals surface area contributed by atoms with Crippen LogP contribution in [0.4, 0.5) is 11.4 Å². The van der Waals surface area contributed by atoms with Gasteiger partial charge in [-0.1, -0.05) is 55.7 Å². The van der Waals surface area contributed by atoms with Gasteiger partial charge >= 0.3 is 0 Å². The number of nitrogens with one attached hydrogen (secondary N) is 1. The van der Waals surface area contributed by atoms with Crippen molar-refractivity contribution in [2.75, 3.05) is 10.8 Å². The molecule has 0 aromatic heterocycles. The van der Waals surface area contributed by atoms with Crippen LogP contribution in [0.15, 0.2) is 54.6 Å². The maximum absolute atomic E-state index is 13.5. The van der Waals surface area contributed by atoms with Gasteiger partial charge in [-0.15, -0.1) is 0 Å². The molecule has 2 aromatic carbocycles. The topological polar surface area (TPSA) is 49.4 Å². The molecule has 2 aliphatic rings. The van der Waals surface area contributed by atoms with Crippen LogP contribution in [0.5, 0.6) is 0 Å². The lowest BCUT2D eigenvalue weighted by atomic mass is 9.95. The third kappa shape index (κ3) is 4.11. The van der Waals surface area contributed by atoms with E-state index >= 15 is 0 Å². The summed E-state index contributed by atoms with van der Waals surface area (Å²) in [6, 6.07) is 18.0. The van der Waals surface area contributed by atoms with E-state index in [0.717, 1.165) is 29.9 Å². The number of hydrogen-bond donors (Lipinski definition) is 1. The number of sulfonamides is 1. The highest BCUT2D eigenvalue weighted by atomic mass is 32.2. The molecule has 0 amide bonds. The molecule has 5 heteroatoms. The Labute approximate surface area is 169 Å². The Hall–Kier alpha value is -1.85. The lowest BCUT2D eigenvalue weighted by Crippen LogP contribution is -2.42. The summed E-state index contributed by atoms with van der Waals surface area (Å²) < 4.78 is 28.5. The SMILES string of the molecule is O=S1(=O)C(CCCNC2CCCCC2)Cc2ccccc2N1c1ccccc1. The van der Waals surface area contributed by atoms with Gasteiger partial charge in [0.1, 0.15) is 0 Å². The highest BCUT2D eigenvalue weighted by Crippen LogP contribution is 2.39. The van der Waals surface area contributed by atoms with Gasteiger partial charge in [0.15, 0.2) is 0 Å². The summed E-state index contributed by atoms with van der Waals surface area (Å²) >= 11 is 0. The normalized spacial score (nSPS) is 22.0. The summed E-state index contributed by atoms with van der Waals surface area (Å²) in [6.45, 7) is 0.906. The van der Waals surface area contributed by atoms with Crippen molar-refractivity contribution in [2.45, 2.75) is 62.7 Å². The zero-order chi connectivity index (χ0) is 19.4. The van der Waals surface area contributed by atoms with E-state index in [-0.39, 0.29) is 5.25 Å². The predicted molar refractivity (Wildman–Crippen MR) is 116 cm³/mol. The third-order valence-corrected chi connectivity index (χ3v) is 8.23. The van der Waals surface area contributed by atoms with Crippen LogP contribution in [0.3, 0.4) is 0 Å². The summed E-state index contributed by atoms with van der Waals surface area (Å²) in [7, 11) is -3.43. The van der Waals surface area contributed by atoms with E-state index in [1.165, 1.54) is 32.1 Å². The van der Waals surface area contributed by atoms with E-state index in [0.29, 0.717) is 18.9 Å². The van der Waals surface area contributed by atoms with Crippen molar-refractivity contribution in [1.29, 1.82) is 0 Å². The Balaban J connectivity index is 1.49. The van der Waals surface area contributed by atoms with E-state index in [1.807, 2.05) is 48.5 Å². The minimum atomic E-state index is -3.43. The zero-order valence-corrected chi connectivity index (χ0v) is 17.2. The largest absolute Gasteiger partial charge is 0.314 e. The smallest absolute Gasteiger partial charge is 0.242 e. The summed E-state index contributed by atoms with van der Waals surface area (Å²) in [5.41, 5.74) is 2.64. The molecule has 150 valence electrons. The fourth-order valence-electron chi connectivity index (χ4n) is 4.56. The van der Waals surface area contributed by atoms with Crippen LogP contribution < -0.4 is 9.62 Å². The molecule has 1 unspecified atom stereocenters. The lowest BCUT2D eigenvalue weighted by molar-refractivity contribution is 0.370. The molecule has 1 heterocycles. The van der Waals surface area contributed by atoms with Crippen LogP contribution in [0, 0.1) is 0 Å². The molecule has 2 aromatic rings. The molecule has 4 rings (SSSR count). The fourth-order valence-corrected chi connectivity index (χ4v) is 6.58. The molecule has 1 aliphatic heterocycles. The number of anilines is 2. The maximum atomic E-state index is 13.5. The van der Waals surface area contributed by atoms with Crippen molar-refractivity contribution >= 4 is 21.4 Å². The first kappa shape index (κ1) is 19.5. The molecule has 1 saturated carbocycles. The second kappa shape index (κ2) is 8.66. The van der Waals surface area contributed by atoms with Gasteiger partial charge in [0.2, 0.25) is 10.0 Å². The quantitative estimate of drug-likeness (QED) is 0.712. The Morgan fingerprint density at radius 3 is 2.43 bits per heavy atom. The zero-order valence-electron chi connectivity index (χ0n) is 16.4. The molecular weight excluding hydrogens is 368 g/mol. The van der Waals surface area contributed by atoms with E-state index in [2.05, 4.69) is 11.4 Å². The van der Waals surface area contributed by atoms with E-state index in [4.69, 9.17) is 0 Å². The van der Waals surface area contributed by atoms with Crippen molar-refractivity contribution in [1.82, 2.24) is 5.32 Å². The van der Waals surface area contributed by atoms with Gasteiger partial charge in [-0.2, -0.15) is 0 Å². The van der Waals surface area contributed by atoms with Crippen molar-refractivity contribution in [3.63, 3.8) is 0 Å². The van der Waals surface area contributed by atoms with Gasteiger partial charge in [-0.3, -0.25) is 0 Å². The van der Waals surface area contributed by atoms with Gasteiger partial charge in [0.25, 0.3) is 0 Å². The van der Waals surface area contributed by atoms with Crippen LogP contribution in [-0.4, -0.2) is 26.3 Å². The maximum Gasteiger partial charge on any atom is 0.242 e. The van der Waals surface area contributed by atoms with Crippen molar-refractivity contribution in [3.8, 4) is 0 Å². The number of nitrogens with zero attached hydrogens (tertiary/aromatic N) is 1. The minimum Gasteiger partial charge on any atom is -0.314 e. The number of para-hydroxylation sites is 2. The van der Waals surface area contributed by atoms with Crippen LogP contribution in [0.1, 0.15) is 50.5 Å². The van der Waals surface area contributed by atoms with Crippen molar-refractivity contribution in [2.24, 2.45) is 0 Å². The summed E-state index contributed by atoms with van der Waals surface area (Å²) in [5, 5.41) is 3.28. The molecule has 1 fully saturated rings. The van der Waals surface area contributed by atoms with Gasteiger partial charge < -0.3 is 5.32 Å².